The largest absolute Gasteiger partial charge is 0.467 e. The van der Waals surface area contributed by atoms with Gasteiger partial charge < -0.3 is 15.4 Å². The van der Waals surface area contributed by atoms with Crippen molar-refractivity contribution in [2.24, 2.45) is 11.8 Å². The molecule has 2 atom stereocenters. The fourth-order valence-electron chi connectivity index (χ4n) is 3.99. The molecule has 0 aliphatic heterocycles. The van der Waals surface area contributed by atoms with Crippen LogP contribution < -0.4 is 10.6 Å². The first-order valence-corrected chi connectivity index (χ1v) is 13.2. The van der Waals surface area contributed by atoms with Crippen LogP contribution in [-0.4, -0.2) is 42.7 Å². The fourth-order valence-corrected chi connectivity index (χ4v) is 5.30. The number of amides is 2. The summed E-state index contributed by atoms with van der Waals surface area (Å²) in [6, 6.07) is 18.5. The minimum atomic E-state index is -0.861. The lowest BCUT2D eigenvalue weighted by Gasteiger charge is -2.25. The van der Waals surface area contributed by atoms with Crippen molar-refractivity contribution in [1.82, 2.24) is 10.6 Å². The lowest BCUT2D eigenvalue weighted by atomic mass is 10.0. The molecular formula is C29H34N2O4S. The van der Waals surface area contributed by atoms with Crippen LogP contribution in [0.1, 0.15) is 36.6 Å². The molecule has 190 valence electrons. The van der Waals surface area contributed by atoms with Gasteiger partial charge in [0.05, 0.1) is 18.3 Å². The van der Waals surface area contributed by atoms with Gasteiger partial charge in [0.25, 0.3) is 0 Å². The van der Waals surface area contributed by atoms with Crippen LogP contribution >= 0.6 is 11.8 Å². The Hall–Kier alpha value is -3.32. The van der Waals surface area contributed by atoms with Crippen LogP contribution in [0.4, 0.5) is 0 Å². The molecule has 0 spiro atoms. The van der Waals surface area contributed by atoms with Crippen LogP contribution in [0.15, 0.2) is 85.0 Å². The Balaban J connectivity index is 1.74. The topological polar surface area (TPSA) is 84.5 Å². The Morgan fingerprint density at radius 2 is 1.42 bits per heavy atom. The molecule has 0 saturated carbocycles. The van der Waals surface area contributed by atoms with E-state index in [4.69, 9.17) is 4.74 Å². The van der Waals surface area contributed by atoms with Crippen LogP contribution in [0.5, 0.6) is 0 Å². The maximum Gasteiger partial charge on any atom is 0.329 e. The third kappa shape index (κ3) is 7.85. The molecule has 1 aliphatic rings. The normalized spacial score (nSPS) is 14.6. The summed E-state index contributed by atoms with van der Waals surface area (Å²) in [5.41, 5.74) is 2.21. The molecule has 6 nitrogen and oxygen atoms in total. The molecule has 3 rings (SSSR count). The van der Waals surface area contributed by atoms with Crippen molar-refractivity contribution < 1.29 is 19.1 Å². The van der Waals surface area contributed by atoms with Gasteiger partial charge in [-0.3, -0.25) is 9.59 Å². The minimum absolute atomic E-state index is 0.0245. The third-order valence-electron chi connectivity index (χ3n) is 5.83. The van der Waals surface area contributed by atoms with E-state index < -0.39 is 29.9 Å². The van der Waals surface area contributed by atoms with Gasteiger partial charge in [-0.05, 0) is 23.5 Å². The predicted octanol–water partition coefficient (Wildman–Crippen LogP) is 4.44. The zero-order valence-corrected chi connectivity index (χ0v) is 21.7. The van der Waals surface area contributed by atoms with Gasteiger partial charge in [0.2, 0.25) is 11.8 Å². The Morgan fingerprint density at radius 1 is 0.861 bits per heavy atom. The lowest BCUT2D eigenvalue weighted by Crippen LogP contribution is -2.53. The van der Waals surface area contributed by atoms with Crippen LogP contribution in [0.3, 0.4) is 0 Å². The first-order valence-electron chi connectivity index (χ1n) is 12.1. The summed E-state index contributed by atoms with van der Waals surface area (Å²) in [5.74, 6) is -1.07. The number of allylic oxidation sites excluding steroid dienone is 2. The van der Waals surface area contributed by atoms with Gasteiger partial charge in [-0.25, -0.2) is 4.79 Å². The van der Waals surface area contributed by atoms with E-state index in [1.54, 1.807) is 23.9 Å². The van der Waals surface area contributed by atoms with Gasteiger partial charge in [0.1, 0.15) is 12.1 Å². The predicted molar refractivity (Wildman–Crippen MR) is 144 cm³/mol. The van der Waals surface area contributed by atoms with Gasteiger partial charge in [0.15, 0.2) is 0 Å². The lowest BCUT2D eigenvalue weighted by molar-refractivity contribution is -0.144. The maximum absolute atomic E-state index is 13.3. The monoisotopic (exact) mass is 506 g/mol. The molecule has 0 fully saturated rings. The van der Waals surface area contributed by atoms with Gasteiger partial charge in [0, 0.05) is 5.75 Å². The van der Waals surface area contributed by atoms with Crippen molar-refractivity contribution in [2.45, 2.75) is 37.6 Å². The van der Waals surface area contributed by atoms with E-state index >= 15 is 0 Å². The van der Waals surface area contributed by atoms with E-state index in [0.717, 1.165) is 11.1 Å². The first kappa shape index (κ1) is 27.3. The summed E-state index contributed by atoms with van der Waals surface area (Å²) in [5, 5.41) is 5.67. The number of methoxy groups -OCH3 is 1. The molecule has 0 heterocycles. The summed E-state index contributed by atoms with van der Waals surface area (Å²) in [7, 11) is 1.31. The van der Waals surface area contributed by atoms with E-state index in [9.17, 15) is 14.4 Å². The molecule has 2 aromatic rings. The highest BCUT2D eigenvalue weighted by molar-refractivity contribution is 7.99. The number of hydrogen-bond acceptors (Lipinski definition) is 5. The molecule has 0 radical (unpaired) electrons. The average Bonchev–Trinajstić information content (AvgIpc) is 3.43. The van der Waals surface area contributed by atoms with Crippen LogP contribution in [0, 0.1) is 11.8 Å². The second kappa shape index (κ2) is 13.7. The summed E-state index contributed by atoms with van der Waals surface area (Å²) in [6.07, 6.45) is 7.63. The van der Waals surface area contributed by atoms with E-state index in [-0.39, 0.29) is 17.1 Å². The van der Waals surface area contributed by atoms with Crippen LogP contribution in [0.25, 0.3) is 0 Å². The zero-order chi connectivity index (χ0) is 25.9. The molecule has 0 aromatic heterocycles. The number of ether oxygens (including phenoxy) is 1. The second-order valence-electron chi connectivity index (χ2n) is 9.11. The molecule has 2 aromatic carbocycles. The van der Waals surface area contributed by atoms with Crippen molar-refractivity contribution in [3.05, 3.63) is 96.1 Å². The number of carbonyl (C=O) groups excluding carboxylic acids is 3. The summed E-state index contributed by atoms with van der Waals surface area (Å²) in [6.45, 7) is 3.97. The number of benzene rings is 2. The standard InChI is InChI=1S/C29H34N2O4S/c1-20(2)18-24(30-27(32)23-16-10-11-17-23)28(33)31-25(29(34)35-3)19-36-26(21-12-6-4-7-13-21)22-14-8-5-9-15-22/h4-17,20,23-26H,18-19H2,1-3H3,(H,30,32)(H,31,33)/t24-,25-/m0/s1. The number of rotatable bonds is 12. The Labute approximate surface area is 217 Å². The van der Waals surface area contributed by atoms with Gasteiger partial charge in [-0.15, -0.1) is 11.8 Å². The van der Waals surface area contributed by atoms with Crippen LogP contribution in [0.2, 0.25) is 0 Å². The van der Waals surface area contributed by atoms with Crippen molar-refractivity contribution in [2.75, 3.05) is 12.9 Å². The molecule has 2 N–H and O–H groups in total. The zero-order valence-electron chi connectivity index (χ0n) is 20.9. The van der Waals surface area contributed by atoms with E-state index in [1.807, 2.05) is 62.4 Å². The average molecular weight is 507 g/mol. The first-order chi connectivity index (χ1) is 17.4. The fraction of sp³-hybridized carbons (Fsp3) is 0.345. The minimum Gasteiger partial charge on any atom is -0.467 e. The molecule has 1 aliphatic carbocycles. The summed E-state index contributed by atoms with van der Waals surface area (Å²) < 4.78 is 5.01. The van der Waals surface area contributed by atoms with Gasteiger partial charge >= 0.3 is 5.97 Å². The maximum atomic E-state index is 13.3. The van der Waals surface area contributed by atoms with E-state index in [1.165, 1.54) is 7.11 Å². The highest BCUT2D eigenvalue weighted by atomic mass is 32.2. The molecule has 0 unspecified atom stereocenters. The Bertz CT molecular complexity index is 1020. The quantitative estimate of drug-likeness (QED) is 0.416. The third-order valence-corrected chi connectivity index (χ3v) is 7.23. The van der Waals surface area contributed by atoms with Crippen LogP contribution in [-0.2, 0) is 19.1 Å². The molecular weight excluding hydrogens is 472 g/mol. The molecule has 0 saturated heterocycles. The smallest absolute Gasteiger partial charge is 0.329 e. The molecule has 0 bridgehead atoms. The Morgan fingerprint density at radius 3 is 1.92 bits per heavy atom. The van der Waals surface area contributed by atoms with Crippen molar-refractivity contribution in [3.8, 4) is 0 Å². The molecule has 36 heavy (non-hydrogen) atoms. The number of carbonyl (C=O) groups is 3. The number of hydrogen-bond donors (Lipinski definition) is 2. The molecule has 7 heteroatoms. The van der Waals surface area contributed by atoms with Crippen molar-refractivity contribution in [1.29, 1.82) is 0 Å². The highest BCUT2D eigenvalue weighted by Crippen LogP contribution is 2.35. The summed E-state index contributed by atoms with van der Waals surface area (Å²) >= 11 is 1.56. The summed E-state index contributed by atoms with van der Waals surface area (Å²) in [4.78, 5) is 38.6. The highest BCUT2D eigenvalue weighted by Gasteiger charge is 2.30. The SMILES string of the molecule is COC(=O)[C@H](CSC(c1ccccc1)c1ccccc1)NC(=O)[C@H](CC(C)C)NC(=O)C1C=CC=C1. The number of nitrogens with one attached hydrogen (secondary N) is 2. The number of thioether (sulfide) groups is 1. The van der Waals surface area contributed by atoms with E-state index in [2.05, 4.69) is 34.9 Å². The Kier molecular flexibility index (Phi) is 10.4. The van der Waals surface area contributed by atoms with E-state index in [0.29, 0.717) is 12.2 Å². The molecule has 2 amide bonds. The van der Waals surface area contributed by atoms with Gasteiger partial charge in [-0.1, -0.05) is 98.8 Å². The van der Waals surface area contributed by atoms with Crippen molar-refractivity contribution >= 4 is 29.5 Å². The van der Waals surface area contributed by atoms with Crippen molar-refractivity contribution in [3.63, 3.8) is 0 Å². The second-order valence-corrected chi connectivity index (χ2v) is 10.2. The number of esters is 1. The van der Waals surface area contributed by atoms with Gasteiger partial charge in [-0.2, -0.15) is 0 Å².